The van der Waals surface area contributed by atoms with Crippen molar-refractivity contribution in [2.45, 2.75) is 51.4 Å². The van der Waals surface area contributed by atoms with Crippen LogP contribution in [-0.4, -0.2) is 47.2 Å². The number of benzene rings is 1. The summed E-state index contributed by atoms with van der Waals surface area (Å²) < 4.78 is 55.1. The second kappa shape index (κ2) is 13.0. The maximum absolute atomic E-state index is 13.7. The standard InChI is InChI=1S/C21H28F4N4.3ClH/c1-14(2)28(3)10-11-29-13-19(27-20(29)15-6-8-26-9-7-15)16-4-5-18(22)17(12-16)21(23,24)25;;;/h4-5,12-15,26H,6-11H2,1-3H3;3*1H. The Balaban J connectivity index is 0.00000320. The van der Waals surface area contributed by atoms with Crippen LogP contribution in [0.25, 0.3) is 11.3 Å². The van der Waals surface area contributed by atoms with Gasteiger partial charge in [0.1, 0.15) is 11.6 Å². The molecule has 0 atom stereocenters. The molecule has 1 aliphatic rings. The van der Waals surface area contributed by atoms with E-state index >= 15 is 0 Å². The van der Waals surface area contributed by atoms with Gasteiger partial charge in [0.05, 0.1) is 11.3 Å². The molecule has 3 rings (SSSR count). The minimum Gasteiger partial charge on any atom is -0.333 e. The van der Waals surface area contributed by atoms with Gasteiger partial charge in [0.2, 0.25) is 0 Å². The summed E-state index contributed by atoms with van der Waals surface area (Å²) in [5.41, 5.74) is -0.520. The van der Waals surface area contributed by atoms with Crippen molar-refractivity contribution in [3.05, 3.63) is 41.6 Å². The minimum atomic E-state index is -4.74. The van der Waals surface area contributed by atoms with Gasteiger partial charge in [0.15, 0.2) is 0 Å². The fourth-order valence-electron chi connectivity index (χ4n) is 3.58. The molecular formula is C21H31Cl3F4N4. The van der Waals surface area contributed by atoms with Crippen LogP contribution in [0, 0.1) is 5.82 Å². The summed E-state index contributed by atoms with van der Waals surface area (Å²) >= 11 is 0. The first-order valence-corrected chi connectivity index (χ1v) is 10.0. The Kier molecular flexibility index (Phi) is 12.6. The molecule has 2 heterocycles. The molecule has 0 unspecified atom stereocenters. The van der Waals surface area contributed by atoms with Crippen molar-refractivity contribution in [1.29, 1.82) is 0 Å². The molecule has 32 heavy (non-hydrogen) atoms. The lowest BCUT2D eigenvalue weighted by molar-refractivity contribution is -0.139. The average molecular weight is 522 g/mol. The molecule has 1 aliphatic heterocycles. The molecule has 0 aliphatic carbocycles. The number of likely N-dealkylation sites (N-methyl/N-ethyl adjacent to an activating group) is 1. The number of piperidine rings is 1. The maximum atomic E-state index is 13.7. The first kappa shape index (κ1) is 30.9. The summed E-state index contributed by atoms with van der Waals surface area (Å²) in [5.74, 6) is -0.105. The van der Waals surface area contributed by atoms with E-state index in [4.69, 9.17) is 4.98 Å². The fraction of sp³-hybridized carbons (Fsp3) is 0.571. The van der Waals surface area contributed by atoms with Gasteiger partial charge in [-0.25, -0.2) is 9.37 Å². The molecule has 1 aromatic heterocycles. The molecule has 11 heteroatoms. The number of alkyl halides is 3. The minimum absolute atomic E-state index is 0. The van der Waals surface area contributed by atoms with E-state index < -0.39 is 17.6 Å². The van der Waals surface area contributed by atoms with Crippen molar-refractivity contribution in [3.8, 4) is 11.3 Å². The summed E-state index contributed by atoms with van der Waals surface area (Å²) in [7, 11) is 2.04. The highest BCUT2D eigenvalue weighted by atomic mass is 35.5. The zero-order valence-corrected chi connectivity index (χ0v) is 20.7. The van der Waals surface area contributed by atoms with Crippen LogP contribution < -0.4 is 5.32 Å². The van der Waals surface area contributed by atoms with Crippen LogP contribution >= 0.6 is 37.2 Å². The van der Waals surface area contributed by atoms with Crippen LogP contribution in [-0.2, 0) is 12.7 Å². The molecule has 4 nitrogen and oxygen atoms in total. The molecule has 0 saturated carbocycles. The van der Waals surface area contributed by atoms with Crippen molar-refractivity contribution in [1.82, 2.24) is 19.8 Å². The largest absolute Gasteiger partial charge is 0.419 e. The fourth-order valence-corrected chi connectivity index (χ4v) is 3.58. The van der Waals surface area contributed by atoms with Crippen LogP contribution in [0.1, 0.15) is 44.0 Å². The molecular weight excluding hydrogens is 491 g/mol. The lowest BCUT2D eigenvalue weighted by atomic mass is 9.97. The van der Waals surface area contributed by atoms with Crippen molar-refractivity contribution in [2.75, 3.05) is 26.7 Å². The van der Waals surface area contributed by atoms with E-state index in [0.29, 0.717) is 18.3 Å². The second-order valence-corrected chi connectivity index (χ2v) is 7.97. The number of rotatable bonds is 6. The molecule has 1 fully saturated rings. The molecule has 1 N–H and O–H groups in total. The van der Waals surface area contributed by atoms with E-state index in [2.05, 4.69) is 28.6 Å². The van der Waals surface area contributed by atoms with Crippen molar-refractivity contribution in [3.63, 3.8) is 0 Å². The molecule has 1 saturated heterocycles. The maximum Gasteiger partial charge on any atom is 0.419 e. The highest BCUT2D eigenvalue weighted by molar-refractivity contribution is 5.86. The molecule has 0 spiro atoms. The summed E-state index contributed by atoms with van der Waals surface area (Å²) in [4.78, 5) is 6.92. The quantitative estimate of drug-likeness (QED) is 0.489. The van der Waals surface area contributed by atoms with Gasteiger partial charge in [-0.1, -0.05) is 0 Å². The van der Waals surface area contributed by atoms with Crippen LogP contribution in [0.2, 0.25) is 0 Å². The topological polar surface area (TPSA) is 33.1 Å². The highest BCUT2D eigenvalue weighted by Crippen LogP contribution is 2.35. The third-order valence-corrected chi connectivity index (χ3v) is 5.65. The molecule has 0 bridgehead atoms. The number of hydrogen-bond acceptors (Lipinski definition) is 3. The van der Waals surface area contributed by atoms with Gasteiger partial charge in [-0.3, -0.25) is 0 Å². The first-order chi connectivity index (χ1) is 13.7. The monoisotopic (exact) mass is 520 g/mol. The number of hydrogen-bond donors (Lipinski definition) is 1. The lowest BCUT2D eigenvalue weighted by Crippen LogP contribution is -2.31. The molecule has 1 aromatic carbocycles. The lowest BCUT2D eigenvalue weighted by Gasteiger charge is -2.25. The van der Waals surface area contributed by atoms with Crippen LogP contribution in [0.5, 0.6) is 0 Å². The van der Waals surface area contributed by atoms with Gasteiger partial charge in [-0.2, -0.15) is 13.2 Å². The van der Waals surface area contributed by atoms with Crippen LogP contribution in [0.4, 0.5) is 17.6 Å². The predicted octanol–water partition coefficient (Wildman–Crippen LogP) is 5.78. The van der Waals surface area contributed by atoms with Crippen molar-refractivity contribution in [2.24, 2.45) is 0 Å². The molecule has 0 amide bonds. The van der Waals surface area contributed by atoms with Gasteiger partial charge < -0.3 is 14.8 Å². The second-order valence-electron chi connectivity index (χ2n) is 7.97. The number of aromatic nitrogens is 2. The Bertz CT molecular complexity index is 837. The van der Waals surface area contributed by atoms with Gasteiger partial charge in [-0.05, 0) is 65.0 Å². The SMILES string of the molecule is CC(C)N(C)CCn1cc(-c2ccc(F)c(C(F)(F)F)c2)nc1C1CCNCC1.Cl.Cl.Cl. The number of nitrogens with zero attached hydrogens (tertiary/aromatic N) is 3. The molecule has 0 radical (unpaired) electrons. The predicted molar refractivity (Wildman–Crippen MR) is 127 cm³/mol. The van der Waals surface area contributed by atoms with E-state index in [1.54, 1.807) is 6.20 Å². The van der Waals surface area contributed by atoms with Crippen molar-refractivity contribution >= 4 is 37.2 Å². The van der Waals surface area contributed by atoms with E-state index in [1.165, 1.54) is 6.07 Å². The smallest absolute Gasteiger partial charge is 0.333 e. The van der Waals surface area contributed by atoms with Crippen LogP contribution in [0.15, 0.2) is 24.4 Å². The number of halogens is 7. The Labute approximate surface area is 205 Å². The third kappa shape index (κ3) is 7.48. The zero-order chi connectivity index (χ0) is 21.2. The summed E-state index contributed by atoms with van der Waals surface area (Å²) in [6.45, 7) is 7.53. The van der Waals surface area contributed by atoms with Crippen molar-refractivity contribution < 1.29 is 17.6 Å². The highest BCUT2D eigenvalue weighted by Gasteiger charge is 2.34. The van der Waals surface area contributed by atoms with Gasteiger partial charge in [-0.15, -0.1) is 37.2 Å². The Morgan fingerprint density at radius 2 is 1.78 bits per heavy atom. The van der Waals surface area contributed by atoms with E-state index in [0.717, 1.165) is 50.4 Å². The third-order valence-electron chi connectivity index (χ3n) is 5.65. The van der Waals surface area contributed by atoms with Gasteiger partial charge in [0.25, 0.3) is 0 Å². The molecule has 184 valence electrons. The van der Waals surface area contributed by atoms with Crippen LogP contribution in [0.3, 0.4) is 0 Å². The number of nitrogens with one attached hydrogen (secondary N) is 1. The van der Waals surface area contributed by atoms with Gasteiger partial charge in [0, 0.05) is 36.8 Å². The summed E-state index contributed by atoms with van der Waals surface area (Å²) in [5, 5.41) is 3.33. The molecule has 2 aromatic rings. The van der Waals surface area contributed by atoms with E-state index in [-0.39, 0.29) is 48.7 Å². The summed E-state index contributed by atoms with van der Waals surface area (Å²) in [6, 6.07) is 3.48. The Hall–Kier alpha value is -1.06. The average Bonchev–Trinajstić information content (AvgIpc) is 3.10. The van der Waals surface area contributed by atoms with Gasteiger partial charge >= 0.3 is 6.18 Å². The number of imidazole rings is 1. The first-order valence-electron chi connectivity index (χ1n) is 10.0. The Morgan fingerprint density at radius 1 is 1.16 bits per heavy atom. The normalized spacial score (nSPS) is 14.7. The summed E-state index contributed by atoms with van der Waals surface area (Å²) in [6.07, 6.45) is -1.05. The van der Waals surface area contributed by atoms with E-state index in [9.17, 15) is 17.6 Å². The Morgan fingerprint density at radius 3 is 2.34 bits per heavy atom. The van der Waals surface area contributed by atoms with E-state index in [1.807, 2.05) is 7.05 Å². The zero-order valence-electron chi connectivity index (χ0n) is 18.3.